The molecule has 3 aromatic rings. The largest absolute Gasteiger partial charge is 0.493 e. The number of aryl methyl sites for hydroxylation is 3. The van der Waals surface area contributed by atoms with Crippen LogP contribution in [0.15, 0.2) is 48.5 Å². The van der Waals surface area contributed by atoms with Crippen molar-refractivity contribution in [1.29, 1.82) is 0 Å². The number of hydrogen-bond acceptors (Lipinski definition) is 2. The molecule has 0 unspecified atom stereocenters. The molecule has 0 aliphatic carbocycles. The molecule has 0 radical (unpaired) electrons. The topological polar surface area (TPSA) is 38.0 Å². The lowest BCUT2D eigenvalue weighted by Gasteiger charge is -2.05. The van der Waals surface area contributed by atoms with Gasteiger partial charge in [-0.25, -0.2) is 4.68 Å². The molecule has 1 N–H and O–H groups in total. The monoisotopic (exact) mass is 278 g/mol. The second-order valence-electron chi connectivity index (χ2n) is 5.40. The maximum atomic E-state index is 10.6. The minimum absolute atomic E-state index is 0.181. The summed E-state index contributed by atoms with van der Waals surface area (Å²) in [4.78, 5) is 0. The first-order chi connectivity index (χ1) is 10.1. The third kappa shape index (κ3) is 2.42. The highest BCUT2D eigenvalue weighted by molar-refractivity contribution is 5.72. The number of nitrogens with zero attached hydrogens (tertiary/aromatic N) is 2. The lowest BCUT2D eigenvalue weighted by Crippen LogP contribution is -1.95. The van der Waals surface area contributed by atoms with Crippen LogP contribution >= 0.6 is 0 Å². The lowest BCUT2D eigenvalue weighted by molar-refractivity contribution is 0.435. The average molecular weight is 278 g/mol. The van der Waals surface area contributed by atoms with E-state index in [0.29, 0.717) is 0 Å². The van der Waals surface area contributed by atoms with Crippen molar-refractivity contribution in [3.8, 4) is 22.7 Å². The fourth-order valence-corrected chi connectivity index (χ4v) is 2.44. The van der Waals surface area contributed by atoms with E-state index in [-0.39, 0.29) is 5.88 Å². The molecule has 0 fully saturated rings. The second-order valence-corrected chi connectivity index (χ2v) is 5.40. The Morgan fingerprint density at radius 3 is 1.90 bits per heavy atom. The van der Waals surface area contributed by atoms with Crippen LogP contribution in [0.1, 0.15) is 16.8 Å². The number of aromatic hydroxyl groups is 1. The summed E-state index contributed by atoms with van der Waals surface area (Å²) in [7, 11) is 0. The fraction of sp³-hybridized carbons (Fsp3) is 0.167. The highest BCUT2D eigenvalue weighted by Gasteiger charge is 2.17. The van der Waals surface area contributed by atoms with E-state index in [9.17, 15) is 5.11 Å². The van der Waals surface area contributed by atoms with Gasteiger partial charge < -0.3 is 5.11 Å². The summed E-state index contributed by atoms with van der Waals surface area (Å²) in [5.41, 5.74) is 5.82. The number of benzene rings is 2. The van der Waals surface area contributed by atoms with Crippen molar-refractivity contribution in [2.45, 2.75) is 20.8 Å². The molecule has 0 aliphatic heterocycles. The molecule has 0 saturated heterocycles. The smallest absolute Gasteiger partial charge is 0.222 e. The van der Waals surface area contributed by atoms with Crippen LogP contribution in [0.4, 0.5) is 0 Å². The lowest BCUT2D eigenvalue weighted by atomic mass is 10.0. The molecule has 3 heteroatoms. The molecule has 0 atom stereocenters. The fourth-order valence-electron chi connectivity index (χ4n) is 2.44. The number of aromatic nitrogens is 2. The highest BCUT2D eigenvalue weighted by atomic mass is 16.3. The van der Waals surface area contributed by atoms with Gasteiger partial charge in [0.15, 0.2) is 0 Å². The van der Waals surface area contributed by atoms with Crippen LogP contribution in [0.2, 0.25) is 0 Å². The molecule has 2 aromatic carbocycles. The molecule has 1 aromatic heterocycles. The van der Waals surface area contributed by atoms with E-state index in [1.54, 1.807) is 4.68 Å². The molecule has 0 amide bonds. The molecular formula is C18H18N2O. The average Bonchev–Trinajstić information content (AvgIpc) is 2.76. The van der Waals surface area contributed by atoms with Crippen molar-refractivity contribution >= 4 is 0 Å². The van der Waals surface area contributed by atoms with Crippen LogP contribution in [-0.2, 0) is 0 Å². The van der Waals surface area contributed by atoms with Gasteiger partial charge in [0, 0.05) is 0 Å². The summed E-state index contributed by atoms with van der Waals surface area (Å²) >= 11 is 0. The first-order valence-electron chi connectivity index (χ1n) is 6.99. The minimum atomic E-state index is 0.181. The van der Waals surface area contributed by atoms with Gasteiger partial charge >= 0.3 is 0 Å². The molecule has 3 rings (SSSR count). The highest BCUT2D eigenvalue weighted by Crippen LogP contribution is 2.34. The van der Waals surface area contributed by atoms with E-state index in [2.05, 4.69) is 5.10 Å². The van der Waals surface area contributed by atoms with Gasteiger partial charge in [0.25, 0.3) is 0 Å². The van der Waals surface area contributed by atoms with Crippen LogP contribution in [0.3, 0.4) is 0 Å². The van der Waals surface area contributed by atoms with Gasteiger partial charge in [0.05, 0.1) is 16.9 Å². The molecular weight excluding hydrogens is 260 g/mol. The Hall–Kier alpha value is -2.55. The van der Waals surface area contributed by atoms with Crippen molar-refractivity contribution in [2.75, 3.05) is 0 Å². The summed E-state index contributed by atoms with van der Waals surface area (Å²) in [6.07, 6.45) is 0. The molecule has 3 nitrogen and oxygen atoms in total. The first kappa shape index (κ1) is 13.4. The first-order valence-corrected chi connectivity index (χ1v) is 6.99. The molecule has 21 heavy (non-hydrogen) atoms. The van der Waals surface area contributed by atoms with Crippen molar-refractivity contribution in [3.05, 3.63) is 65.4 Å². The predicted octanol–water partition coefficient (Wildman–Crippen LogP) is 4.17. The van der Waals surface area contributed by atoms with Gasteiger partial charge in [-0.05, 0) is 38.5 Å². The molecule has 0 aliphatic rings. The summed E-state index contributed by atoms with van der Waals surface area (Å²) in [6.45, 7) is 6.00. The Bertz CT molecular complexity index is 768. The van der Waals surface area contributed by atoms with Crippen LogP contribution in [0.25, 0.3) is 16.8 Å². The van der Waals surface area contributed by atoms with Crippen LogP contribution in [-0.4, -0.2) is 14.9 Å². The van der Waals surface area contributed by atoms with Gasteiger partial charge in [-0.1, -0.05) is 47.5 Å². The van der Waals surface area contributed by atoms with Gasteiger partial charge in [-0.15, -0.1) is 0 Å². The Kier molecular flexibility index (Phi) is 3.26. The van der Waals surface area contributed by atoms with Gasteiger partial charge in [-0.2, -0.15) is 5.10 Å². The maximum Gasteiger partial charge on any atom is 0.222 e. The van der Waals surface area contributed by atoms with E-state index in [1.807, 2.05) is 69.3 Å². The second kappa shape index (κ2) is 5.09. The van der Waals surface area contributed by atoms with E-state index in [1.165, 1.54) is 11.1 Å². The number of hydrogen-bond donors (Lipinski definition) is 1. The Morgan fingerprint density at radius 2 is 1.33 bits per heavy atom. The van der Waals surface area contributed by atoms with Gasteiger partial charge in [0.1, 0.15) is 0 Å². The van der Waals surface area contributed by atoms with Crippen LogP contribution in [0, 0.1) is 20.8 Å². The molecule has 0 spiro atoms. The molecule has 106 valence electrons. The Labute approximate surface area is 124 Å². The van der Waals surface area contributed by atoms with Crippen molar-refractivity contribution in [1.82, 2.24) is 9.78 Å². The summed E-state index contributed by atoms with van der Waals surface area (Å²) in [5, 5.41) is 15.0. The Balaban J connectivity index is 2.12. The zero-order valence-electron chi connectivity index (χ0n) is 12.5. The van der Waals surface area contributed by atoms with Gasteiger partial charge in [-0.3, -0.25) is 0 Å². The SMILES string of the molecule is Cc1ccc(-c2c(C)nn(-c3ccc(C)cc3)c2O)cc1. The zero-order chi connectivity index (χ0) is 15.0. The predicted molar refractivity (Wildman–Crippen MR) is 84.9 cm³/mol. The summed E-state index contributed by atoms with van der Waals surface area (Å²) in [5.74, 6) is 0.181. The van der Waals surface area contributed by atoms with E-state index >= 15 is 0 Å². The Morgan fingerprint density at radius 1 is 0.810 bits per heavy atom. The molecule has 1 heterocycles. The van der Waals surface area contributed by atoms with Crippen molar-refractivity contribution in [3.63, 3.8) is 0 Å². The quantitative estimate of drug-likeness (QED) is 0.764. The normalized spacial score (nSPS) is 10.8. The van der Waals surface area contributed by atoms with Crippen molar-refractivity contribution < 1.29 is 5.11 Å². The maximum absolute atomic E-state index is 10.6. The van der Waals surface area contributed by atoms with E-state index in [4.69, 9.17) is 0 Å². The van der Waals surface area contributed by atoms with Crippen LogP contribution in [0.5, 0.6) is 5.88 Å². The minimum Gasteiger partial charge on any atom is -0.493 e. The summed E-state index contributed by atoms with van der Waals surface area (Å²) < 4.78 is 1.59. The third-order valence-electron chi connectivity index (χ3n) is 3.65. The molecule has 0 saturated carbocycles. The standard InChI is InChI=1S/C18H18N2O/c1-12-4-8-15(9-5-12)17-14(3)19-20(18(17)21)16-10-6-13(2)7-11-16/h4-11,21H,1-3H3. The van der Waals surface area contributed by atoms with Crippen LogP contribution < -0.4 is 0 Å². The summed E-state index contributed by atoms with van der Waals surface area (Å²) in [6, 6.07) is 16.0. The third-order valence-corrected chi connectivity index (χ3v) is 3.65. The number of rotatable bonds is 2. The van der Waals surface area contributed by atoms with E-state index in [0.717, 1.165) is 22.5 Å². The zero-order valence-corrected chi connectivity index (χ0v) is 12.5. The molecule has 0 bridgehead atoms. The van der Waals surface area contributed by atoms with E-state index < -0.39 is 0 Å². The van der Waals surface area contributed by atoms with Gasteiger partial charge in [0.2, 0.25) is 5.88 Å². The van der Waals surface area contributed by atoms with Crippen molar-refractivity contribution in [2.24, 2.45) is 0 Å².